The number of aliphatic imine (C=N–C) groups is 1. The molecule has 0 spiro atoms. The molecule has 3 atom stereocenters. The average molecular weight is 585 g/mol. The summed E-state index contributed by atoms with van der Waals surface area (Å²) in [6.07, 6.45) is 2.56. The predicted molar refractivity (Wildman–Crippen MR) is 149 cm³/mol. The van der Waals surface area contributed by atoms with Gasteiger partial charge in [0.25, 0.3) is 0 Å². The van der Waals surface area contributed by atoms with Crippen LogP contribution < -0.4 is 14.2 Å². The molecular formula is C30H34BrNO6. The van der Waals surface area contributed by atoms with Gasteiger partial charge in [-0.15, -0.1) is 0 Å². The van der Waals surface area contributed by atoms with Gasteiger partial charge in [0.1, 0.15) is 11.7 Å². The number of ketones is 1. The second-order valence-corrected chi connectivity index (χ2v) is 10.5. The van der Waals surface area contributed by atoms with Gasteiger partial charge < -0.3 is 18.9 Å². The van der Waals surface area contributed by atoms with Crippen LogP contribution in [-0.2, 0) is 14.3 Å². The number of benzene rings is 2. The minimum atomic E-state index is -0.713. The molecule has 0 N–H and O–H groups in total. The van der Waals surface area contributed by atoms with Crippen LogP contribution in [0.15, 0.2) is 57.1 Å². The molecule has 0 bridgehead atoms. The number of carbonyl (C=O) groups is 2. The highest BCUT2D eigenvalue weighted by atomic mass is 79.9. The summed E-state index contributed by atoms with van der Waals surface area (Å²) in [5.41, 5.74) is 3.66. The molecule has 0 saturated carbocycles. The van der Waals surface area contributed by atoms with Crippen LogP contribution in [0.1, 0.15) is 62.5 Å². The summed E-state index contributed by atoms with van der Waals surface area (Å²) in [5, 5.41) is 0. The van der Waals surface area contributed by atoms with Crippen LogP contribution in [-0.4, -0.2) is 45.4 Å². The topological polar surface area (TPSA) is 83.4 Å². The summed E-state index contributed by atoms with van der Waals surface area (Å²) in [7, 11) is 4.78. The maximum absolute atomic E-state index is 13.9. The van der Waals surface area contributed by atoms with E-state index in [1.54, 1.807) is 21.3 Å². The van der Waals surface area contributed by atoms with E-state index in [0.29, 0.717) is 53.7 Å². The molecule has 2 aromatic rings. The van der Waals surface area contributed by atoms with Crippen molar-refractivity contribution in [1.29, 1.82) is 0 Å². The number of rotatable bonds is 9. The Morgan fingerprint density at radius 1 is 1.00 bits per heavy atom. The smallest absolute Gasteiger partial charge is 0.315 e. The lowest BCUT2D eigenvalue weighted by atomic mass is 9.69. The van der Waals surface area contributed by atoms with E-state index in [1.807, 2.05) is 50.2 Å². The number of allylic oxidation sites excluding steroid dienone is 2. The number of halogens is 1. The first-order valence-corrected chi connectivity index (χ1v) is 13.7. The number of esters is 1. The van der Waals surface area contributed by atoms with Crippen molar-refractivity contribution < 1.29 is 28.5 Å². The lowest BCUT2D eigenvalue weighted by Gasteiger charge is -2.37. The first-order valence-electron chi connectivity index (χ1n) is 12.9. The van der Waals surface area contributed by atoms with E-state index in [2.05, 4.69) is 15.9 Å². The van der Waals surface area contributed by atoms with Gasteiger partial charge in [0.15, 0.2) is 17.3 Å². The van der Waals surface area contributed by atoms with E-state index in [9.17, 15) is 9.59 Å². The van der Waals surface area contributed by atoms with E-state index in [1.165, 1.54) is 0 Å². The highest BCUT2D eigenvalue weighted by Gasteiger charge is 2.45. The molecule has 0 radical (unpaired) electrons. The zero-order valence-electron chi connectivity index (χ0n) is 22.5. The van der Waals surface area contributed by atoms with Crippen molar-refractivity contribution in [3.05, 3.63) is 63.3 Å². The molecule has 202 valence electrons. The Morgan fingerprint density at radius 2 is 1.71 bits per heavy atom. The number of ether oxygens (including phenoxy) is 4. The van der Waals surface area contributed by atoms with Crippen LogP contribution in [0.25, 0.3) is 0 Å². The maximum Gasteiger partial charge on any atom is 0.315 e. The second kappa shape index (κ2) is 12.2. The summed E-state index contributed by atoms with van der Waals surface area (Å²) in [6.45, 7) is 4.23. The standard InChI is InChI=1S/C30H34BrNO6/c1-6-7-12-38-30(34)27-17(2)32-22-13-19(18-8-10-25(36-4)26(15-18)37-5)14-23(33)29(22)28(27)21-16-20(31)9-11-24(21)35-3/h8-11,15-16,19,27-28H,6-7,12-14H2,1-5H3/t19-,27?,28-/m0/s1. The van der Waals surface area contributed by atoms with Crippen molar-refractivity contribution in [2.45, 2.75) is 51.4 Å². The Bertz CT molecular complexity index is 1280. The number of unbranched alkanes of at least 4 members (excludes halogenated alkanes) is 1. The van der Waals surface area contributed by atoms with Gasteiger partial charge in [-0.1, -0.05) is 35.3 Å². The molecule has 1 heterocycles. The number of hydrogen-bond donors (Lipinski definition) is 0. The van der Waals surface area contributed by atoms with Gasteiger partial charge in [0.2, 0.25) is 0 Å². The number of carbonyl (C=O) groups excluding carboxylic acids is 2. The highest BCUT2D eigenvalue weighted by molar-refractivity contribution is 9.10. The minimum absolute atomic E-state index is 0.0272. The lowest BCUT2D eigenvalue weighted by molar-refractivity contribution is -0.146. The van der Waals surface area contributed by atoms with E-state index in [-0.39, 0.29) is 17.7 Å². The quantitative estimate of drug-likeness (QED) is 0.251. The Hall–Kier alpha value is -3.13. The molecule has 0 amide bonds. The normalized spacial score (nSPS) is 20.9. The summed E-state index contributed by atoms with van der Waals surface area (Å²) < 4.78 is 23.1. The third-order valence-electron chi connectivity index (χ3n) is 7.29. The molecule has 1 unspecified atom stereocenters. The third-order valence-corrected chi connectivity index (χ3v) is 7.78. The first-order chi connectivity index (χ1) is 18.3. The Morgan fingerprint density at radius 3 is 2.39 bits per heavy atom. The van der Waals surface area contributed by atoms with Crippen LogP contribution in [0.4, 0.5) is 0 Å². The van der Waals surface area contributed by atoms with E-state index in [4.69, 9.17) is 23.9 Å². The van der Waals surface area contributed by atoms with Crippen molar-refractivity contribution in [1.82, 2.24) is 0 Å². The van der Waals surface area contributed by atoms with Crippen LogP contribution in [0.2, 0.25) is 0 Å². The largest absolute Gasteiger partial charge is 0.496 e. The van der Waals surface area contributed by atoms with E-state index in [0.717, 1.165) is 28.4 Å². The molecule has 0 saturated heterocycles. The van der Waals surface area contributed by atoms with Crippen molar-refractivity contribution in [3.8, 4) is 17.2 Å². The molecule has 1 aliphatic heterocycles. The summed E-state index contributed by atoms with van der Waals surface area (Å²) in [6, 6.07) is 11.4. The van der Waals surface area contributed by atoms with Gasteiger partial charge in [0, 0.05) is 39.4 Å². The third kappa shape index (κ3) is 5.51. The molecule has 2 aliphatic rings. The minimum Gasteiger partial charge on any atom is -0.496 e. The predicted octanol–water partition coefficient (Wildman–Crippen LogP) is 6.39. The number of nitrogens with zero attached hydrogens (tertiary/aromatic N) is 1. The van der Waals surface area contributed by atoms with Gasteiger partial charge in [-0.25, -0.2) is 0 Å². The SMILES string of the molecule is CCCCOC(=O)C1C(C)=NC2=C(C(=O)C[C@@H](c3ccc(OC)c(OC)c3)C2)[C@H]1c1cc(Br)ccc1OC. The molecule has 38 heavy (non-hydrogen) atoms. The van der Waals surface area contributed by atoms with Gasteiger partial charge in [-0.3, -0.25) is 14.6 Å². The van der Waals surface area contributed by atoms with Crippen molar-refractivity contribution in [2.24, 2.45) is 10.9 Å². The van der Waals surface area contributed by atoms with Crippen LogP contribution in [0.5, 0.6) is 17.2 Å². The fourth-order valence-electron chi connectivity index (χ4n) is 5.40. The number of methoxy groups -OCH3 is 3. The van der Waals surface area contributed by atoms with Gasteiger partial charge in [-0.2, -0.15) is 0 Å². The van der Waals surface area contributed by atoms with Crippen LogP contribution >= 0.6 is 15.9 Å². The molecule has 1 aliphatic carbocycles. The Labute approximate surface area is 232 Å². The highest BCUT2D eigenvalue weighted by Crippen LogP contribution is 2.49. The summed E-state index contributed by atoms with van der Waals surface area (Å²) in [4.78, 5) is 32.2. The maximum atomic E-state index is 13.9. The molecule has 8 heteroatoms. The van der Waals surface area contributed by atoms with Crippen molar-refractivity contribution >= 4 is 33.4 Å². The number of Topliss-reactive ketones (excluding diaryl/α,β-unsaturated/α-hetero) is 1. The zero-order chi connectivity index (χ0) is 27.4. The Kier molecular flexibility index (Phi) is 8.92. The van der Waals surface area contributed by atoms with Gasteiger partial charge >= 0.3 is 5.97 Å². The molecule has 2 aromatic carbocycles. The fraction of sp³-hybridized carbons (Fsp3) is 0.433. The summed E-state index contributed by atoms with van der Waals surface area (Å²) in [5.74, 6) is 0.131. The first kappa shape index (κ1) is 27.9. The van der Waals surface area contributed by atoms with Crippen LogP contribution in [0.3, 0.4) is 0 Å². The fourth-order valence-corrected chi connectivity index (χ4v) is 5.78. The van der Waals surface area contributed by atoms with Gasteiger partial charge in [-0.05, 0) is 61.6 Å². The average Bonchev–Trinajstić information content (AvgIpc) is 2.91. The Balaban J connectivity index is 1.79. The van der Waals surface area contributed by atoms with Crippen molar-refractivity contribution in [3.63, 3.8) is 0 Å². The zero-order valence-corrected chi connectivity index (χ0v) is 24.1. The monoisotopic (exact) mass is 583 g/mol. The lowest BCUT2D eigenvalue weighted by Crippen LogP contribution is -2.38. The molecule has 4 rings (SSSR count). The van der Waals surface area contributed by atoms with E-state index < -0.39 is 11.8 Å². The van der Waals surface area contributed by atoms with Crippen LogP contribution in [0, 0.1) is 5.92 Å². The molecule has 0 fully saturated rings. The molecule has 7 nitrogen and oxygen atoms in total. The second-order valence-electron chi connectivity index (χ2n) is 9.62. The molecule has 0 aromatic heterocycles. The molecular weight excluding hydrogens is 550 g/mol. The number of hydrogen-bond acceptors (Lipinski definition) is 7. The van der Waals surface area contributed by atoms with E-state index >= 15 is 0 Å². The van der Waals surface area contributed by atoms with Gasteiger partial charge in [0.05, 0.1) is 27.9 Å². The summed E-state index contributed by atoms with van der Waals surface area (Å²) >= 11 is 3.56. The van der Waals surface area contributed by atoms with Crippen molar-refractivity contribution in [2.75, 3.05) is 27.9 Å².